The van der Waals surface area contributed by atoms with E-state index in [0.29, 0.717) is 6.42 Å². The molecule has 0 aliphatic carbocycles. The van der Waals surface area contributed by atoms with Crippen LogP contribution in [0.4, 0.5) is 0 Å². The van der Waals surface area contributed by atoms with E-state index in [4.69, 9.17) is 4.42 Å². The van der Waals surface area contributed by atoms with E-state index in [0.717, 1.165) is 17.3 Å². The number of rotatable bonds is 4. The molecule has 2 rings (SSSR count). The molecule has 18 heavy (non-hydrogen) atoms. The van der Waals surface area contributed by atoms with Gasteiger partial charge in [0.1, 0.15) is 11.5 Å². The monoisotopic (exact) mass is 249 g/mol. The molecule has 2 heterocycles. The molecule has 2 aromatic rings. The van der Waals surface area contributed by atoms with Crippen molar-refractivity contribution in [2.45, 2.75) is 33.2 Å². The highest BCUT2D eigenvalue weighted by atomic mass is 16.3. The van der Waals surface area contributed by atoms with Gasteiger partial charge in [-0.3, -0.25) is 0 Å². The molecule has 98 valence electrons. The fourth-order valence-corrected chi connectivity index (χ4v) is 2.26. The number of aromatic nitrogens is 4. The van der Waals surface area contributed by atoms with Gasteiger partial charge in [0, 0.05) is 18.0 Å². The third kappa shape index (κ3) is 2.28. The van der Waals surface area contributed by atoms with Crippen LogP contribution in [0.1, 0.15) is 34.5 Å². The van der Waals surface area contributed by atoms with Crippen LogP contribution in [0.25, 0.3) is 0 Å². The Morgan fingerprint density at radius 1 is 1.28 bits per heavy atom. The van der Waals surface area contributed by atoms with E-state index in [1.807, 2.05) is 20.9 Å². The first-order valence-corrected chi connectivity index (χ1v) is 5.99. The first kappa shape index (κ1) is 12.8. The lowest BCUT2D eigenvalue weighted by molar-refractivity contribution is 0.488. The summed E-state index contributed by atoms with van der Waals surface area (Å²) in [6.07, 6.45) is 0.699. The van der Waals surface area contributed by atoms with E-state index in [9.17, 15) is 0 Å². The van der Waals surface area contributed by atoms with E-state index >= 15 is 0 Å². The fourth-order valence-electron chi connectivity index (χ4n) is 2.26. The minimum absolute atomic E-state index is 0.145. The summed E-state index contributed by atoms with van der Waals surface area (Å²) in [5.41, 5.74) is 2.39. The van der Waals surface area contributed by atoms with Gasteiger partial charge in [-0.05, 0) is 38.6 Å². The molecule has 0 saturated carbocycles. The molecule has 0 amide bonds. The van der Waals surface area contributed by atoms with Crippen LogP contribution in [0.5, 0.6) is 0 Å². The average molecular weight is 249 g/mol. The van der Waals surface area contributed by atoms with E-state index in [1.165, 1.54) is 15.9 Å². The highest BCUT2D eigenvalue weighted by Crippen LogP contribution is 2.28. The smallest absolute Gasteiger partial charge is 0.176 e. The molecule has 0 aliphatic heterocycles. The number of furan rings is 1. The highest BCUT2D eigenvalue weighted by Gasteiger charge is 2.21. The van der Waals surface area contributed by atoms with Gasteiger partial charge in [-0.25, -0.2) is 0 Å². The molecule has 0 spiro atoms. The second-order valence-corrected chi connectivity index (χ2v) is 4.49. The lowest BCUT2D eigenvalue weighted by Gasteiger charge is -2.14. The third-order valence-electron chi connectivity index (χ3n) is 3.25. The zero-order valence-corrected chi connectivity index (χ0v) is 11.5. The fraction of sp³-hybridized carbons (Fsp3) is 0.583. The lowest BCUT2D eigenvalue weighted by atomic mass is 9.99. The predicted molar refractivity (Wildman–Crippen MR) is 67.2 cm³/mol. The first-order valence-electron chi connectivity index (χ1n) is 5.99. The van der Waals surface area contributed by atoms with Crippen molar-refractivity contribution >= 4 is 0 Å². The highest BCUT2D eigenvalue weighted by molar-refractivity contribution is 5.34. The normalized spacial score (nSPS) is 12.9. The quantitative estimate of drug-likeness (QED) is 0.882. The number of tetrazole rings is 1. The topological polar surface area (TPSA) is 68.8 Å². The van der Waals surface area contributed by atoms with Gasteiger partial charge < -0.3 is 9.73 Å². The van der Waals surface area contributed by atoms with Crippen molar-refractivity contribution < 1.29 is 4.42 Å². The Morgan fingerprint density at radius 2 is 2.00 bits per heavy atom. The van der Waals surface area contributed by atoms with Crippen LogP contribution in [0.15, 0.2) is 4.42 Å². The minimum atomic E-state index is 0.145. The summed E-state index contributed by atoms with van der Waals surface area (Å²) in [5, 5.41) is 15.4. The van der Waals surface area contributed by atoms with Crippen LogP contribution in [0, 0.1) is 20.8 Å². The molecule has 1 unspecified atom stereocenters. The van der Waals surface area contributed by atoms with Gasteiger partial charge in [-0.1, -0.05) is 0 Å². The number of hydrogen-bond donors (Lipinski definition) is 1. The Labute approximate surface area is 106 Å². The van der Waals surface area contributed by atoms with Gasteiger partial charge in [0.05, 0.1) is 7.05 Å². The second kappa shape index (κ2) is 4.89. The zero-order valence-electron chi connectivity index (χ0n) is 11.5. The number of nitrogens with zero attached hydrogens (tertiary/aromatic N) is 4. The molecule has 0 saturated heterocycles. The molecule has 2 aromatic heterocycles. The van der Waals surface area contributed by atoms with Crippen molar-refractivity contribution in [3.63, 3.8) is 0 Å². The molecule has 6 nitrogen and oxygen atoms in total. The van der Waals surface area contributed by atoms with Crippen molar-refractivity contribution in [3.05, 3.63) is 28.5 Å². The summed E-state index contributed by atoms with van der Waals surface area (Å²) in [5.74, 6) is 2.65. The number of nitrogens with one attached hydrogen (secondary N) is 1. The maximum Gasteiger partial charge on any atom is 0.176 e. The molecule has 0 fully saturated rings. The van der Waals surface area contributed by atoms with Gasteiger partial charge in [0.25, 0.3) is 0 Å². The van der Waals surface area contributed by atoms with E-state index in [-0.39, 0.29) is 6.04 Å². The van der Waals surface area contributed by atoms with Crippen molar-refractivity contribution in [2.24, 2.45) is 7.05 Å². The molecule has 1 N–H and O–H groups in total. The van der Waals surface area contributed by atoms with Gasteiger partial charge >= 0.3 is 0 Å². The Bertz CT molecular complexity index is 543. The van der Waals surface area contributed by atoms with E-state index in [2.05, 4.69) is 27.7 Å². The van der Waals surface area contributed by atoms with Gasteiger partial charge in [0.2, 0.25) is 0 Å². The minimum Gasteiger partial charge on any atom is -0.466 e. The zero-order chi connectivity index (χ0) is 13.3. The summed E-state index contributed by atoms with van der Waals surface area (Å²) >= 11 is 0. The number of aryl methyl sites for hydroxylation is 3. The predicted octanol–water partition coefficient (Wildman–Crippen LogP) is 1.23. The maximum absolute atomic E-state index is 5.67. The Kier molecular flexibility index (Phi) is 3.47. The third-order valence-corrected chi connectivity index (χ3v) is 3.25. The van der Waals surface area contributed by atoms with Gasteiger partial charge in [0.15, 0.2) is 5.82 Å². The Morgan fingerprint density at radius 3 is 2.44 bits per heavy atom. The lowest BCUT2D eigenvalue weighted by Crippen LogP contribution is -2.20. The van der Waals surface area contributed by atoms with E-state index < -0.39 is 0 Å². The summed E-state index contributed by atoms with van der Waals surface area (Å²) in [6.45, 7) is 6.05. The largest absolute Gasteiger partial charge is 0.466 e. The van der Waals surface area contributed by atoms with Crippen molar-refractivity contribution in [3.8, 4) is 0 Å². The SMILES string of the molecule is CNC(Cc1nnn(C)n1)c1c(C)oc(C)c1C. The Hall–Kier alpha value is -1.69. The van der Waals surface area contributed by atoms with Gasteiger partial charge in [-0.15, -0.1) is 10.2 Å². The molecular weight excluding hydrogens is 230 g/mol. The van der Waals surface area contributed by atoms with Crippen LogP contribution in [0.3, 0.4) is 0 Å². The van der Waals surface area contributed by atoms with E-state index in [1.54, 1.807) is 7.05 Å². The molecule has 0 aromatic carbocycles. The molecule has 0 radical (unpaired) electrons. The Balaban J connectivity index is 2.28. The number of hydrogen-bond acceptors (Lipinski definition) is 5. The number of likely N-dealkylation sites (N-methyl/N-ethyl adjacent to an activating group) is 1. The standard InChI is InChI=1S/C12H19N5O/c1-7-8(2)18-9(3)12(7)10(13-4)6-11-14-16-17(5)15-11/h10,13H,6H2,1-5H3. The van der Waals surface area contributed by atoms with Crippen LogP contribution in [-0.2, 0) is 13.5 Å². The van der Waals surface area contributed by atoms with Crippen LogP contribution in [-0.4, -0.2) is 27.3 Å². The van der Waals surface area contributed by atoms with Crippen LogP contribution >= 0.6 is 0 Å². The van der Waals surface area contributed by atoms with Gasteiger partial charge in [-0.2, -0.15) is 4.80 Å². The molecular formula is C12H19N5O. The molecule has 1 atom stereocenters. The summed E-state index contributed by atoms with van der Waals surface area (Å²) < 4.78 is 5.67. The second-order valence-electron chi connectivity index (χ2n) is 4.49. The van der Waals surface area contributed by atoms with Crippen LogP contribution < -0.4 is 5.32 Å². The maximum atomic E-state index is 5.67. The molecule has 0 bridgehead atoms. The average Bonchev–Trinajstić information content (AvgIpc) is 2.82. The first-order chi connectivity index (χ1) is 8.52. The van der Waals surface area contributed by atoms with Crippen molar-refractivity contribution in [1.82, 2.24) is 25.5 Å². The summed E-state index contributed by atoms with van der Waals surface area (Å²) in [7, 11) is 3.70. The molecule has 6 heteroatoms. The van der Waals surface area contributed by atoms with Crippen molar-refractivity contribution in [1.29, 1.82) is 0 Å². The summed E-state index contributed by atoms with van der Waals surface area (Å²) in [6, 6.07) is 0.145. The van der Waals surface area contributed by atoms with Crippen molar-refractivity contribution in [2.75, 3.05) is 7.05 Å². The summed E-state index contributed by atoms with van der Waals surface area (Å²) in [4.78, 5) is 1.47. The molecule has 0 aliphatic rings. The van der Waals surface area contributed by atoms with Crippen LogP contribution in [0.2, 0.25) is 0 Å².